The molecule has 0 aromatic carbocycles. The van der Waals surface area contributed by atoms with Crippen LogP contribution in [-0.2, 0) is 33.2 Å². The lowest BCUT2D eigenvalue weighted by Crippen LogP contribution is -2.66. The number of nitrogens with one attached hydrogen (secondary N) is 1. The molecule has 3 heterocycles. The smallest absolute Gasteiger partial charge is 0.220 e. The van der Waals surface area contributed by atoms with Crippen molar-refractivity contribution in [2.75, 3.05) is 26.4 Å². The number of aliphatic hydroxyl groups is 11. The van der Waals surface area contributed by atoms with Crippen LogP contribution >= 0.6 is 0 Å². The number of unbranched alkanes of at least 4 members (excludes halogenated alkanes) is 8. The fourth-order valence-electron chi connectivity index (χ4n) is 9.28. The summed E-state index contributed by atoms with van der Waals surface area (Å²) in [7, 11) is 0. The molecule has 472 valence electrons. The first-order valence-corrected chi connectivity index (χ1v) is 30.3. The molecule has 3 rings (SSSR count). The molecule has 19 nitrogen and oxygen atoms in total. The van der Waals surface area contributed by atoms with E-state index in [1.165, 1.54) is 6.42 Å². The molecule has 3 saturated heterocycles. The SMILES string of the molecule is CC/C=C\C/C=C\C/C=C\C/C=C\C/C=C\C/C=C\C/C=C\C/C=C\CCCCCCC(=O)NC(COC1OC(CO)C(OC2OC(CO)C(OC3OC(CO)C(O)C(O)C3O)C(O)C2O)C(O)C1O)C(O)/C=C/CC/C=C/CCCCC. The predicted octanol–water partition coefficient (Wildman–Crippen LogP) is 5.70. The molecule has 0 aromatic heterocycles. The van der Waals surface area contributed by atoms with E-state index in [2.05, 4.69) is 129 Å². The molecule has 83 heavy (non-hydrogen) atoms. The Labute approximate surface area is 493 Å². The van der Waals surface area contributed by atoms with Crippen molar-refractivity contribution < 1.29 is 89.4 Å². The Balaban J connectivity index is 1.43. The van der Waals surface area contributed by atoms with Gasteiger partial charge in [-0.1, -0.05) is 161 Å². The topological polar surface area (TPSA) is 307 Å². The Morgan fingerprint density at radius 2 is 0.843 bits per heavy atom. The van der Waals surface area contributed by atoms with Crippen molar-refractivity contribution in [3.05, 3.63) is 122 Å². The van der Waals surface area contributed by atoms with Crippen LogP contribution in [0, 0.1) is 0 Å². The standard InChI is InChI=1S/C64H103NO18/c1-3-5-7-9-11-13-14-15-16-17-18-19-20-21-22-23-24-25-26-27-28-29-30-31-32-34-36-38-40-42-52(70)65-47(48(69)41-39-37-35-33-12-10-8-6-4-2)46-78-62-58(76)55(73)60(50(44-67)80-62)83-64-59(77)56(74)61(51(45-68)81-64)82-63-57(75)54(72)53(71)49(43-66)79-63/h5,7,11-13,15-16,18-19,21-22,24-25,27-28,30-31,33,39,41,47-51,53-64,66-69,71-77H,3-4,6,8-10,14,17,20,23,26,29,32,34-38,40,42-46H2,1-2H3,(H,65,70)/b7-5-,13-11-,16-15-,19-18-,22-21-,25-24-,28-27-,31-30-,33-12+,41-39+. The van der Waals surface area contributed by atoms with Crippen molar-refractivity contribution in [1.29, 1.82) is 0 Å². The van der Waals surface area contributed by atoms with E-state index in [0.29, 0.717) is 12.8 Å². The first kappa shape index (κ1) is 73.4. The fraction of sp³-hybridized carbons (Fsp3) is 0.672. The number of hydrogen-bond donors (Lipinski definition) is 12. The molecule has 0 saturated carbocycles. The zero-order valence-electron chi connectivity index (χ0n) is 49.1. The van der Waals surface area contributed by atoms with E-state index in [-0.39, 0.29) is 18.9 Å². The third-order valence-electron chi connectivity index (χ3n) is 14.2. The molecule has 0 bridgehead atoms. The number of allylic oxidation sites excluding steroid dienone is 19. The van der Waals surface area contributed by atoms with Gasteiger partial charge in [0.1, 0.15) is 73.2 Å². The monoisotopic (exact) mass is 1170 g/mol. The maximum absolute atomic E-state index is 13.3. The zero-order valence-corrected chi connectivity index (χ0v) is 49.1. The van der Waals surface area contributed by atoms with Gasteiger partial charge in [-0.05, 0) is 96.3 Å². The van der Waals surface area contributed by atoms with E-state index in [4.69, 9.17) is 28.4 Å². The normalized spacial score (nSPS) is 30.3. The molecular weight excluding hydrogens is 1070 g/mol. The van der Waals surface area contributed by atoms with Crippen molar-refractivity contribution in [1.82, 2.24) is 5.32 Å². The van der Waals surface area contributed by atoms with Crippen molar-refractivity contribution in [2.45, 2.75) is 247 Å². The number of aliphatic hydroxyl groups excluding tert-OH is 11. The minimum absolute atomic E-state index is 0.196. The molecule has 0 radical (unpaired) electrons. The van der Waals surface area contributed by atoms with E-state index in [9.17, 15) is 61.0 Å². The second kappa shape index (κ2) is 45.5. The van der Waals surface area contributed by atoms with Crippen LogP contribution in [0.5, 0.6) is 0 Å². The van der Waals surface area contributed by atoms with Crippen LogP contribution < -0.4 is 5.32 Å². The average molecular weight is 1170 g/mol. The zero-order chi connectivity index (χ0) is 60.5. The van der Waals surface area contributed by atoms with Crippen LogP contribution in [0.15, 0.2) is 122 Å². The van der Waals surface area contributed by atoms with Crippen molar-refractivity contribution in [3.63, 3.8) is 0 Å². The van der Waals surface area contributed by atoms with Crippen molar-refractivity contribution >= 4 is 5.91 Å². The number of carbonyl (C=O) groups excluding carboxylic acids is 1. The van der Waals surface area contributed by atoms with E-state index in [1.807, 2.05) is 6.08 Å². The number of carbonyl (C=O) groups is 1. The van der Waals surface area contributed by atoms with Gasteiger partial charge in [0.25, 0.3) is 0 Å². The lowest BCUT2D eigenvalue weighted by atomic mass is 9.96. The molecule has 0 spiro atoms. The highest BCUT2D eigenvalue weighted by atomic mass is 16.8. The van der Waals surface area contributed by atoms with Gasteiger partial charge in [-0.3, -0.25) is 4.79 Å². The molecule has 12 N–H and O–H groups in total. The van der Waals surface area contributed by atoms with Crippen LogP contribution in [0.25, 0.3) is 0 Å². The summed E-state index contributed by atoms with van der Waals surface area (Å²) in [6.07, 6.45) is 33.5. The second-order valence-corrected chi connectivity index (χ2v) is 21.1. The van der Waals surface area contributed by atoms with Gasteiger partial charge in [-0.25, -0.2) is 0 Å². The number of amides is 1. The van der Waals surface area contributed by atoms with Crippen molar-refractivity contribution in [3.8, 4) is 0 Å². The third-order valence-corrected chi connectivity index (χ3v) is 14.2. The van der Waals surface area contributed by atoms with Gasteiger partial charge >= 0.3 is 0 Å². The Kier molecular flexibility index (Phi) is 40.3. The van der Waals surface area contributed by atoms with E-state index in [0.717, 1.165) is 103 Å². The maximum Gasteiger partial charge on any atom is 0.220 e. The average Bonchev–Trinajstić information content (AvgIpc) is 3.25. The molecule has 17 atom stereocenters. The van der Waals surface area contributed by atoms with Gasteiger partial charge in [-0.2, -0.15) is 0 Å². The number of hydrogen-bond acceptors (Lipinski definition) is 18. The molecule has 3 aliphatic rings. The Bertz CT molecular complexity index is 1980. The molecule has 17 unspecified atom stereocenters. The molecule has 0 aromatic rings. The van der Waals surface area contributed by atoms with Crippen LogP contribution in [0.3, 0.4) is 0 Å². The number of ether oxygens (including phenoxy) is 6. The fourth-order valence-corrected chi connectivity index (χ4v) is 9.28. The minimum atomic E-state index is -1.99. The Hall–Kier alpha value is -3.81. The van der Waals surface area contributed by atoms with Crippen LogP contribution in [0.2, 0.25) is 0 Å². The molecular formula is C64H103NO18. The molecule has 3 aliphatic heterocycles. The van der Waals surface area contributed by atoms with Crippen molar-refractivity contribution in [2.24, 2.45) is 0 Å². The third kappa shape index (κ3) is 29.0. The summed E-state index contributed by atoms with van der Waals surface area (Å²) in [6, 6.07) is -1.01. The van der Waals surface area contributed by atoms with Gasteiger partial charge in [0.15, 0.2) is 18.9 Å². The lowest BCUT2D eigenvalue weighted by molar-refractivity contribution is -0.379. The van der Waals surface area contributed by atoms with E-state index >= 15 is 0 Å². The molecule has 19 heteroatoms. The summed E-state index contributed by atoms with van der Waals surface area (Å²) in [5, 5.41) is 120. The summed E-state index contributed by atoms with van der Waals surface area (Å²) in [5.41, 5.74) is 0. The Morgan fingerprint density at radius 1 is 0.446 bits per heavy atom. The number of rotatable bonds is 42. The highest BCUT2D eigenvalue weighted by Gasteiger charge is 2.53. The first-order valence-electron chi connectivity index (χ1n) is 30.3. The van der Waals surface area contributed by atoms with Gasteiger partial charge < -0.3 is 89.9 Å². The second-order valence-electron chi connectivity index (χ2n) is 21.1. The Morgan fingerprint density at radius 3 is 1.34 bits per heavy atom. The van der Waals surface area contributed by atoms with Crippen LogP contribution in [0.1, 0.15) is 142 Å². The largest absolute Gasteiger partial charge is 0.394 e. The molecule has 0 aliphatic carbocycles. The summed E-state index contributed by atoms with van der Waals surface area (Å²) in [5.74, 6) is -0.321. The maximum atomic E-state index is 13.3. The summed E-state index contributed by atoms with van der Waals surface area (Å²) in [4.78, 5) is 13.3. The summed E-state index contributed by atoms with van der Waals surface area (Å²) >= 11 is 0. The predicted molar refractivity (Wildman–Crippen MR) is 318 cm³/mol. The minimum Gasteiger partial charge on any atom is -0.394 e. The van der Waals surface area contributed by atoms with Gasteiger partial charge in [0, 0.05) is 6.42 Å². The molecule has 3 fully saturated rings. The van der Waals surface area contributed by atoms with Crippen LogP contribution in [0.4, 0.5) is 0 Å². The highest BCUT2D eigenvalue weighted by Crippen LogP contribution is 2.33. The first-order chi connectivity index (χ1) is 40.3. The summed E-state index contributed by atoms with van der Waals surface area (Å²) < 4.78 is 34.1. The van der Waals surface area contributed by atoms with Gasteiger partial charge in [-0.15, -0.1) is 0 Å². The lowest BCUT2D eigenvalue weighted by Gasteiger charge is -2.48. The quantitative estimate of drug-likeness (QED) is 0.0258. The van der Waals surface area contributed by atoms with Gasteiger partial charge in [0.2, 0.25) is 5.91 Å². The summed E-state index contributed by atoms with van der Waals surface area (Å²) in [6.45, 7) is 1.46. The van der Waals surface area contributed by atoms with E-state index < -0.39 is 124 Å². The van der Waals surface area contributed by atoms with Crippen LogP contribution in [-0.4, -0.2) is 193 Å². The highest BCUT2D eigenvalue weighted by molar-refractivity contribution is 5.76. The van der Waals surface area contributed by atoms with E-state index in [1.54, 1.807) is 6.08 Å². The van der Waals surface area contributed by atoms with Gasteiger partial charge in [0.05, 0.1) is 38.6 Å². The molecule has 1 amide bonds.